The van der Waals surface area contributed by atoms with Crippen molar-refractivity contribution in [3.63, 3.8) is 0 Å². The van der Waals surface area contributed by atoms with Gasteiger partial charge in [0.25, 0.3) is 0 Å². The minimum Gasteiger partial charge on any atom is -0.488 e. The molecule has 0 unspecified atom stereocenters. The van der Waals surface area contributed by atoms with Crippen molar-refractivity contribution >= 4 is 18.4 Å². The summed E-state index contributed by atoms with van der Waals surface area (Å²) in [5.74, 6) is 0.439. The molecule has 0 saturated carbocycles. The van der Waals surface area contributed by atoms with Crippen LogP contribution in [-0.2, 0) is 16.0 Å². The maximum Gasteiger partial charge on any atom is 0.323 e. The highest BCUT2D eigenvalue weighted by atomic mass is 35.5. The molecule has 1 atom stereocenters. The van der Waals surface area contributed by atoms with Gasteiger partial charge in [-0.25, -0.2) is 0 Å². The Morgan fingerprint density at radius 1 is 1.19 bits per heavy atom. The highest BCUT2D eigenvalue weighted by Gasteiger charge is 2.17. The summed E-state index contributed by atoms with van der Waals surface area (Å²) in [6.07, 6.45) is 0.317. The van der Waals surface area contributed by atoms with Gasteiger partial charge in [-0.05, 0) is 58.7 Å². The molecule has 0 fully saturated rings. The molecule has 0 bridgehead atoms. The van der Waals surface area contributed by atoms with E-state index in [4.69, 9.17) is 15.2 Å². The third-order valence-electron chi connectivity index (χ3n) is 2.46. The largest absolute Gasteiger partial charge is 0.488 e. The lowest BCUT2D eigenvalue weighted by Crippen LogP contribution is -2.35. The highest BCUT2D eigenvalue weighted by Crippen LogP contribution is 2.19. The Kier molecular flexibility index (Phi) is 7.75. The first-order valence-corrected chi connectivity index (χ1v) is 6.91. The number of ether oxygens (including phenoxy) is 2. The van der Waals surface area contributed by atoms with E-state index in [1.54, 1.807) is 0 Å². The second-order valence-electron chi connectivity index (χ2n) is 6.15. The zero-order valence-electron chi connectivity index (χ0n) is 13.4. The number of halogens is 1. The molecule has 5 heteroatoms. The smallest absolute Gasteiger partial charge is 0.323 e. The van der Waals surface area contributed by atoms with E-state index in [2.05, 4.69) is 0 Å². The minimum atomic E-state index is -0.633. The summed E-state index contributed by atoms with van der Waals surface area (Å²) < 4.78 is 10.8. The number of carbonyl (C=O) groups is 1. The Morgan fingerprint density at radius 3 is 2.14 bits per heavy atom. The number of rotatable bonds is 5. The second kappa shape index (κ2) is 8.25. The monoisotopic (exact) mass is 315 g/mol. The van der Waals surface area contributed by atoms with Crippen LogP contribution in [0.15, 0.2) is 24.3 Å². The third kappa shape index (κ3) is 7.93. The highest BCUT2D eigenvalue weighted by molar-refractivity contribution is 5.85. The number of esters is 1. The van der Waals surface area contributed by atoms with Crippen LogP contribution in [0.3, 0.4) is 0 Å². The Morgan fingerprint density at radius 2 is 1.71 bits per heavy atom. The molecular formula is C16H26ClNO3. The average molecular weight is 316 g/mol. The molecule has 0 amide bonds. The van der Waals surface area contributed by atoms with Crippen LogP contribution in [0.2, 0.25) is 0 Å². The number of nitrogens with two attached hydrogens (primary N) is 1. The molecule has 4 nitrogen and oxygen atoms in total. The van der Waals surface area contributed by atoms with E-state index in [0.717, 1.165) is 11.3 Å². The molecule has 0 aliphatic carbocycles. The lowest BCUT2D eigenvalue weighted by Gasteiger charge is -2.21. The van der Waals surface area contributed by atoms with Crippen LogP contribution in [0, 0.1) is 0 Å². The van der Waals surface area contributed by atoms with Crippen molar-refractivity contribution in [3.8, 4) is 5.75 Å². The van der Waals surface area contributed by atoms with Gasteiger partial charge in [0, 0.05) is 0 Å². The second-order valence-corrected chi connectivity index (χ2v) is 6.15. The predicted molar refractivity (Wildman–Crippen MR) is 87.0 cm³/mol. The first-order chi connectivity index (χ1) is 9.17. The van der Waals surface area contributed by atoms with Gasteiger partial charge in [-0.15, -0.1) is 12.4 Å². The van der Waals surface area contributed by atoms with Crippen LogP contribution in [0.25, 0.3) is 0 Å². The molecule has 0 aromatic heterocycles. The molecule has 0 saturated heterocycles. The van der Waals surface area contributed by atoms with Crippen molar-refractivity contribution in [1.29, 1.82) is 0 Å². The van der Waals surface area contributed by atoms with Gasteiger partial charge >= 0.3 is 5.97 Å². The van der Waals surface area contributed by atoms with Crippen molar-refractivity contribution in [1.82, 2.24) is 0 Å². The summed E-state index contributed by atoms with van der Waals surface area (Å²) in [6.45, 7) is 9.61. The normalized spacial score (nSPS) is 12.5. The Hall–Kier alpha value is -1.26. The quantitative estimate of drug-likeness (QED) is 0.848. The molecule has 1 rings (SSSR count). The Bertz CT molecular complexity index is 438. The van der Waals surface area contributed by atoms with E-state index in [1.807, 2.05) is 58.9 Å². The van der Waals surface area contributed by atoms with Crippen LogP contribution >= 0.6 is 12.4 Å². The van der Waals surface area contributed by atoms with Crippen LogP contribution in [0.5, 0.6) is 5.75 Å². The summed E-state index contributed by atoms with van der Waals surface area (Å²) >= 11 is 0. The molecule has 1 aromatic carbocycles. The van der Waals surface area contributed by atoms with Crippen LogP contribution in [0.1, 0.15) is 40.2 Å². The van der Waals surface area contributed by atoms with Crippen molar-refractivity contribution in [2.24, 2.45) is 5.73 Å². The molecule has 0 aliphatic rings. The number of benzene rings is 1. The fourth-order valence-corrected chi connectivity index (χ4v) is 1.70. The first kappa shape index (κ1) is 19.7. The average Bonchev–Trinajstić information content (AvgIpc) is 2.28. The van der Waals surface area contributed by atoms with Gasteiger partial charge in [0.1, 0.15) is 17.4 Å². The van der Waals surface area contributed by atoms with Gasteiger partial charge in [0.2, 0.25) is 0 Å². The van der Waals surface area contributed by atoms with E-state index in [9.17, 15) is 4.79 Å². The van der Waals surface area contributed by atoms with Gasteiger partial charge in [-0.3, -0.25) is 4.79 Å². The van der Waals surface area contributed by atoms with Crippen molar-refractivity contribution in [2.45, 2.75) is 58.8 Å². The Balaban J connectivity index is 0.00000400. The number of hydrogen-bond acceptors (Lipinski definition) is 4. The molecule has 0 radical (unpaired) electrons. The zero-order valence-corrected chi connectivity index (χ0v) is 14.2. The molecule has 0 spiro atoms. The first-order valence-electron chi connectivity index (χ1n) is 6.91. The Labute approximate surface area is 133 Å². The maximum absolute atomic E-state index is 11.6. The van der Waals surface area contributed by atoms with Crippen molar-refractivity contribution in [2.75, 3.05) is 0 Å². The van der Waals surface area contributed by atoms with E-state index in [0.29, 0.717) is 6.42 Å². The van der Waals surface area contributed by atoms with Gasteiger partial charge in [0.05, 0.1) is 6.10 Å². The fraction of sp³-hybridized carbons (Fsp3) is 0.562. The zero-order chi connectivity index (χ0) is 15.3. The lowest BCUT2D eigenvalue weighted by molar-refractivity contribution is -0.148. The van der Waals surface area contributed by atoms with E-state index in [-0.39, 0.29) is 30.1 Å². The molecule has 21 heavy (non-hydrogen) atoms. The van der Waals surface area contributed by atoms with E-state index in [1.165, 1.54) is 0 Å². The van der Waals surface area contributed by atoms with Crippen molar-refractivity contribution < 1.29 is 14.3 Å². The van der Waals surface area contributed by atoms with Crippen LogP contribution < -0.4 is 10.5 Å². The fourth-order valence-electron chi connectivity index (χ4n) is 1.70. The van der Waals surface area contributed by atoms with Gasteiger partial charge in [0.15, 0.2) is 0 Å². The van der Waals surface area contributed by atoms with Crippen LogP contribution in [0.4, 0.5) is 0 Å². The topological polar surface area (TPSA) is 61.5 Å². The van der Waals surface area contributed by atoms with Crippen LogP contribution in [-0.4, -0.2) is 23.7 Å². The van der Waals surface area contributed by atoms with Crippen molar-refractivity contribution in [3.05, 3.63) is 29.8 Å². The van der Waals surface area contributed by atoms with Gasteiger partial charge < -0.3 is 15.2 Å². The molecule has 0 aliphatic heterocycles. The SMILES string of the molecule is CC(C)OC(=O)[C@@H](N)Cc1ccc(OC(C)(C)C)cc1.Cl. The molecule has 120 valence electrons. The third-order valence-corrected chi connectivity index (χ3v) is 2.46. The minimum absolute atomic E-state index is 0. The maximum atomic E-state index is 11.6. The molecule has 2 N–H and O–H groups in total. The molecule has 1 aromatic rings. The van der Waals surface area contributed by atoms with Gasteiger partial charge in [-0.2, -0.15) is 0 Å². The molecular weight excluding hydrogens is 290 g/mol. The van der Waals surface area contributed by atoms with E-state index >= 15 is 0 Å². The summed E-state index contributed by atoms with van der Waals surface area (Å²) in [5, 5.41) is 0. The standard InChI is InChI=1S/C16H25NO3.ClH/c1-11(2)19-15(18)14(17)10-12-6-8-13(9-7-12)20-16(3,4)5;/h6-9,11,14H,10,17H2,1-5H3;1H/t14-;/m0./s1. The predicted octanol–water partition coefficient (Wildman–Crippen LogP) is 3.11. The summed E-state index contributed by atoms with van der Waals surface area (Å²) in [4.78, 5) is 11.6. The summed E-state index contributed by atoms with van der Waals surface area (Å²) in [6, 6.07) is 6.99. The van der Waals surface area contributed by atoms with Gasteiger partial charge in [-0.1, -0.05) is 12.1 Å². The lowest BCUT2D eigenvalue weighted by atomic mass is 10.1. The molecule has 0 heterocycles. The summed E-state index contributed by atoms with van der Waals surface area (Å²) in [5.41, 5.74) is 6.59. The summed E-state index contributed by atoms with van der Waals surface area (Å²) in [7, 11) is 0. The van der Waals surface area contributed by atoms with E-state index < -0.39 is 6.04 Å². The number of hydrogen-bond donors (Lipinski definition) is 1. The number of carbonyl (C=O) groups excluding carboxylic acids is 1.